The molecule has 0 aromatic carbocycles. The fourth-order valence-corrected chi connectivity index (χ4v) is 3.88. The molecular formula is C14H17F2N7S2. The number of alkyl halides is 2. The van der Waals surface area contributed by atoms with Crippen LogP contribution in [0, 0.1) is 0 Å². The van der Waals surface area contributed by atoms with Gasteiger partial charge in [-0.05, 0) is 0 Å². The molecule has 2 aliphatic rings. The molecule has 25 heavy (non-hydrogen) atoms. The zero-order valence-electron chi connectivity index (χ0n) is 13.1. The molecule has 0 bridgehead atoms. The van der Waals surface area contributed by atoms with E-state index in [2.05, 4.69) is 19.7 Å². The van der Waals surface area contributed by atoms with Gasteiger partial charge in [0.15, 0.2) is 10.8 Å². The molecule has 134 valence electrons. The Morgan fingerprint density at radius 2 is 2.40 bits per heavy atom. The molecule has 1 aromatic heterocycles. The Hall–Kier alpha value is -1.82. The lowest BCUT2D eigenvalue weighted by Crippen LogP contribution is -2.35. The molecule has 2 aliphatic heterocycles. The molecule has 1 unspecified atom stereocenters. The predicted molar refractivity (Wildman–Crippen MR) is 97.3 cm³/mol. The highest BCUT2D eigenvalue weighted by atomic mass is 32.2. The third-order valence-electron chi connectivity index (χ3n) is 3.87. The van der Waals surface area contributed by atoms with Gasteiger partial charge in [0.1, 0.15) is 0 Å². The van der Waals surface area contributed by atoms with Crippen molar-refractivity contribution in [3.8, 4) is 0 Å². The molecule has 7 nitrogen and oxygen atoms in total. The normalized spacial score (nSPS) is 21.4. The molecular weight excluding hydrogens is 368 g/mol. The van der Waals surface area contributed by atoms with Crippen molar-refractivity contribution in [2.45, 2.75) is 19.0 Å². The van der Waals surface area contributed by atoms with Gasteiger partial charge >= 0.3 is 6.55 Å². The van der Waals surface area contributed by atoms with Crippen molar-refractivity contribution < 1.29 is 8.78 Å². The zero-order valence-corrected chi connectivity index (χ0v) is 14.7. The van der Waals surface area contributed by atoms with E-state index in [1.165, 1.54) is 17.5 Å². The SMILES string of the molecule is NC=C(C=NC(F)F)C1=C2CC(NSN)CN2C(c2nccs2)=NC1. The van der Waals surface area contributed by atoms with Crippen molar-refractivity contribution in [3.05, 3.63) is 39.6 Å². The molecule has 1 fully saturated rings. The molecule has 0 aliphatic carbocycles. The summed E-state index contributed by atoms with van der Waals surface area (Å²) in [7, 11) is 0. The van der Waals surface area contributed by atoms with Gasteiger partial charge in [-0.3, -0.25) is 10.1 Å². The van der Waals surface area contributed by atoms with Gasteiger partial charge in [-0.15, -0.1) is 11.3 Å². The van der Waals surface area contributed by atoms with Crippen LogP contribution in [-0.2, 0) is 0 Å². The maximum atomic E-state index is 12.4. The Balaban J connectivity index is 1.95. The van der Waals surface area contributed by atoms with Gasteiger partial charge in [0.25, 0.3) is 0 Å². The molecule has 0 saturated carbocycles. The van der Waals surface area contributed by atoms with Crippen molar-refractivity contribution in [1.82, 2.24) is 14.6 Å². The maximum Gasteiger partial charge on any atom is 0.331 e. The summed E-state index contributed by atoms with van der Waals surface area (Å²) in [5, 5.41) is 8.23. The average Bonchev–Trinajstić information content (AvgIpc) is 3.24. The highest BCUT2D eigenvalue weighted by Gasteiger charge is 2.35. The molecule has 0 spiro atoms. The second kappa shape index (κ2) is 8.04. The van der Waals surface area contributed by atoms with Gasteiger partial charge in [-0.25, -0.2) is 14.7 Å². The Morgan fingerprint density at radius 3 is 3.04 bits per heavy atom. The molecule has 3 heterocycles. The van der Waals surface area contributed by atoms with E-state index >= 15 is 0 Å². The Morgan fingerprint density at radius 1 is 1.56 bits per heavy atom. The second-order valence-electron chi connectivity index (χ2n) is 5.33. The molecule has 5 N–H and O–H groups in total. The Labute approximate surface area is 151 Å². The van der Waals surface area contributed by atoms with Crippen molar-refractivity contribution >= 4 is 35.5 Å². The van der Waals surface area contributed by atoms with Crippen LogP contribution in [0.15, 0.2) is 44.6 Å². The second-order valence-corrected chi connectivity index (χ2v) is 6.69. The summed E-state index contributed by atoms with van der Waals surface area (Å²) in [5.41, 5.74) is 7.86. The van der Waals surface area contributed by atoms with Crippen LogP contribution in [0.4, 0.5) is 8.78 Å². The van der Waals surface area contributed by atoms with E-state index in [4.69, 9.17) is 10.9 Å². The number of hydrogen-bond donors (Lipinski definition) is 3. The number of aliphatic imine (C=N–C) groups is 2. The van der Waals surface area contributed by atoms with Crippen molar-refractivity contribution in [2.24, 2.45) is 20.9 Å². The van der Waals surface area contributed by atoms with E-state index < -0.39 is 6.55 Å². The smallest absolute Gasteiger partial charge is 0.331 e. The molecule has 1 aromatic rings. The number of amidine groups is 1. The van der Waals surface area contributed by atoms with Crippen LogP contribution in [0.2, 0.25) is 0 Å². The highest BCUT2D eigenvalue weighted by molar-refractivity contribution is 7.95. The molecule has 0 radical (unpaired) electrons. The van der Waals surface area contributed by atoms with Crippen LogP contribution in [0.25, 0.3) is 0 Å². The van der Waals surface area contributed by atoms with Crippen molar-refractivity contribution in [3.63, 3.8) is 0 Å². The number of fused-ring (bicyclic) bond motifs is 1. The van der Waals surface area contributed by atoms with E-state index in [9.17, 15) is 8.78 Å². The highest BCUT2D eigenvalue weighted by Crippen LogP contribution is 2.33. The topological polar surface area (TPSA) is 105 Å². The van der Waals surface area contributed by atoms with Crippen LogP contribution in [0.5, 0.6) is 0 Å². The number of nitrogens with two attached hydrogens (primary N) is 2. The number of nitrogens with one attached hydrogen (secondary N) is 1. The predicted octanol–water partition coefficient (Wildman–Crippen LogP) is 1.48. The lowest BCUT2D eigenvalue weighted by Gasteiger charge is -2.27. The molecule has 0 amide bonds. The van der Waals surface area contributed by atoms with Gasteiger partial charge in [0, 0.05) is 72.0 Å². The molecule has 1 saturated heterocycles. The summed E-state index contributed by atoms with van der Waals surface area (Å²) in [6.45, 7) is -1.78. The minimum Gasteiger partial charge on any atom is -0.404 e. The largest absolute Gasteiger partial charge is 0.404 e. The van der Waals surface area contributed by atoms with E-state index in [0.29, 0.717) is 25.1 Å². The molecule has 11 heteroatoms. The summed E-state index contributed by atoms with van der Waals surface area (Å²) >= 11 is 2.56. The van der Waals surface area contributed by atoms with E-state index in [1.807, 2.05) is 10.3 Å². The minimum atomic E-state index is -2.78. The monoisotopic (exact) mass is 385 g/mol. The number of halogens is 2. The summed E-state index contributed by atoms with van der Waals surface area (Å²) in [6, 6.07) is 0.106. The van der Waals surface area contributed by atoms with Gasteiger partial charge in [-0.2, -0.15) is 8.78 Å². The lowest BCUT2D eigenvalue weighted by atomic mass is 10.0. The van der Waals surface area contributed by atoms with Crippen LogP contribution >= 0.6 is 23.5 Å². The lowest BCUT2D eigenvalue weighted by molar-refractivity contribution is 0.160. The van der Waals surface area contributed by atoms with Crippen LogP contribution in [-0.4, -0.2) is 47.6 Å². The zero-order chi connectivity index (χ0) is 17.8. The first kappa shape index (κ1) is 18.0. The fraction of sp³-hybridized carbons (Fsp3) is 0.357. The first-order valence-corrected chi connectivity index (χ1v) is 9.18. The third-order valence-corrected chi connectivity index (χ3v) is 5.11. The first-order valence-electron chi connectivity index (χ1n) is 7.42. The number of aromatic nitrogens is 1. The van der Waals surface area contributed by atoms with Gasteiger partial charge < -0.3 is 10.6 Å². The van der Waals surface area contributed by atoms with Gasteiger partial charge in [-0.1, -0.05) is 0 Å². The maximum absolute atomic E-state index is 12.4. The fourth-order valence-electron chi connectivity index (χ4n) is 2.88. The van der Waals surface area contributed by atoms with E-state index in [-0.39, 0.29) is 6.04 Å². The van der Waals surface area contributed by atoms with Gasteiger partial charge in [0.05, 0.1) is 6.54 Å². The summed E-state index contributed by atoms with van der Waals surface area (Å²) < 4.78 is 28.0. The summed E-state index contributed by atoms with van der Waals surface area (Å²) in [4.78, 5) is 14.1. The van der Waals surface area contributed by atoms with Crippen LogP contribution in [0.3, 0.4) is 0 Å². The van der Waals surface area contributed by atoms with Crippen LogP contribution < -0.4 is 15.6 Å². The van der Waals surface area contributed by atoms with E-state index in [0.717, 1.165) is 40.5 Å². The molecule has 3 rings (SSSR count). The first-order chi connectivity index (χ1) is 12.1. The average molecular weight is 385 g/mol. The summed E-state index contributed by atoms with van der Waals surface area (Å²) in [6.07, 6.45) is 4.80. The van der Waals surface area contributed by atoms with Crippen molar-refractivity contribution in [2.75, 3.05) is 13.1 Å². The number of thiazole rings is 1. The van der Waals surface area contributed by atoms with Crippen LogP contribution in [0.1, 0.15) is 11.4 Å². The number of rotatable bonds is 6. The minimum absolute atomic E-state index is 0.106. The van der Waals surface area contributed by atoms with Crippen molar-refractivity contribution in [1.29, 1.82) is 0 Å². The van der Waals surface area contributed by atoms with E-state index in [1.54, 1.807) is 6.20 Å². The summed E-state index contributed by atoms with van der Waals surface area (Å²) in [5.74, 6) is 0.780. The van der Waals surface area contributed by atoms with Gasteiger partial charge in [0.2, 0.25) is 0 Å². The molecule has 1 atom stereocenters. The number of nitrogens with zero attached hydrogens (tertiary/aromatic N) is 4. The quantitative estimate of drug-likeness (QED) is 0.389. The Bertz CT molecular complexity index is 728. The third kappa shape index (κ3) is 3.89. The number of hydrogen-bond acceptors (Lipinski definition) is 9. The Kier molecular flexibility index (Phi) is 5.78. The standard InChI is InChI=1S/C14H17F2N7S2/c15-14(16)21-5-8(4-17)10-6-20-12(13-19-1-2-24-13)23-7-9(22-25-18)3-11(10)23/h1-2,4-5,9,14,22H,3,6-7,17-18H2.